The molecule has 0 saturated carbocycles. The standard InChI is InChI=1S/C11H13N5OS/c1-16(2)9(17)7-18-11-13-10(14-15-11)8-3-5-12-6-4-8/h3-6H,7H2,1-2H3,(H,13,14,15). The van der Waals surface area contributed by atoms with Crippen LogP contribution in [0.25, 0.3) is 11.4 Å². The molecule has 1 N–H and O–H groups in total. The molecule has 1 amide bonds. The first-order valence-electron chi connectivity index (χ1n) is 5.32. The highest BCUT2D eigenvalue weighted by Crippen LogP contribution is 2.18. The lowest BCUT2D eigenvalue weighted by Gasteiger charge is -2.07. The van der Waals surface area contributed by atoms with Crippen molar-refractivity contribution in [2.45, 2.75) is 5.16 Å². The van der Waals surface area contributed by atoms with Crippen LogP contribution in [-0.2, 0) is 4.79 Å². The van der Waals surface area contributed by atoms with Crippen LogP contribution >= 0.6 is 11.8 Å². The molecule has 0 aliphatic rings. The summed E-state index contributed by atoms with van der Waals surface area (Å²) in [4.78, 5) is 21.2. The zero-order chi connectivity index (χ0) is 13.0. The lowest BCUT2D eigenvalue weighted by Crippen LogP contribution is -2.23. The van der Waals surface area contributed by atoms with E-state index >= 15 is 0 Å². The molecule has 0 fully saturated rings. The lowest BCUT2D eigenvalue weighted by atomic mass is 10.3. The van der Waals surface area contributed by atoms with Crippen molar-refractivity contribution in [2.75, 3.05) is 19.8 Å². The van der Waals surface area contributed by atoms with Crippen molar-refractivity contribution in [3.8, 4) is 11.4 Å². The molecule has 6 nitrogen and oxygen atoms in total. The maximum atomic E-state index is 11.4. The molecule has 2 aromatic rings. The van der Waals surface area contributed by atoms with E-state index in [1.165, 1.54) is 11.8 Å². The summed E-state index contributed by atoms with van der Waals surface area (Å²) < 4.78 is 0. The Morgan fingerprint density at radius 2 is 2.11 bits per heavy atom. The molecule has 2 rings (SSSR count). The third-order valence-electron chi connectivity index (χ3n) is 2.24. The SMILES string of the molecule is CN(C)C(=O)CSc1n[nH]c(-c2ccncc2)n1. The van der Waals surface area contributed by atoms with Crippen molar-refractivity contribution < 1.29 is 4.79 Å². The summed E-state index contributed by atoms with van der Waals surface area (Å²) >= 11 is 1.31. The summed E-state index contributed by atoms with van der Waals surface area (Å²) in [7, 11) is 3.45. The normalized spacial score (nSPS) is 10.3. The number of aromatic amines is 1. The number of rotatable bonds is 4. The summed E-state index contributed by atoms with van der Waals surface area (Å²) in [6, 6.07) is 3.69. The van der Waals surface area contributed by atoms with Gasteiger partial charge in [0.25, 0.3) is 0 Å². The molecule has 94 valence electrons. The van der Waals surface area contributed by atoms with Crippen LogP contribution in [0.3, 0.4) is 0 Å². The van der Waals surface area contributed by atoms with E-state index in [1.54, 1.807) is 31.4 Å². The number of hydrogen-bond acceptors (Lipinski definition) is 5. The number of nitrogens with one attached hydrogen (secondary N) is 1. The van der Waals surface area contributed by atoms with Gasteiger partial charge in [-0.2, -0.15) is 0 Å². The average Bonchev–Trinajstić information content (AvgIpc) is 2.85. The van der Waals surface area contributed by atoms with E-state index in [-0.39, 0.29) is 5.91 Å². The van der Waals surface area contributed by atoms with Crippen molar-refractivity contribution in [1.29, 1.82) is 0 Å². The highest BCUT2D eigenvalue weighted by atomic mass is 32.2. The third kappa shape index (κ3) is 3.07. The van der Waals surface area contributed by atoms with Crippen LogP contribution in [0, 0.1) is 0 Å². The molecule has 18 heavy (non-hydrogen) atoms. The smallest absolute Gasteiger partial charge is 0.232 e. The van der Waals surface area contributed by atoms with Crippen molar-refractivity contribution in [1.82, 2.24) is 25.1 Å². The molecular formula is C11H13N5OS. The average molecular weight is 263 g/mol. The Labute approximate surface area is 109 Å². The predicted molar refractivity (Wildman–Crippen MR) is 69.0 cm³/mol. The van der Waals surface area contributed by atoms with E-state index in [0.29, 0.717) is 16.7 Å². The summed E-state index contributed by atoms with van der Waals surface area (Å²) in [5, 5.41) is 7.47. The number of carbonyl (C=O) groups is 1. The van der Waals surface area contributed by atoms with E-state index in [2.05, 4.69) is 20.2 Å². The monoisotopic (exact) mass is 263 g/mol. The van der Waals surface area contributed by atoms with Gasteiger partial charge >= 0.3 is 0 Å². The van der Waals surface area contributed by atoms with Gasteiger partial charge in [0.05, 0.1) is 5.75 Å². The summed E-state index contributed by atoms with van der Waals surface area (Å²) in [5.74, 6) is 1.05. The molecule has 0 aliphatic heterocycles. The number of nitrogens with zero attached hydrogens (tertiary/aromatic N) is 4. The fraction of sp³-hybridized carbons (Fsp3) is 0.273. The maximum absolute atomic E-state index is 11.4. The number of aromatic nitrogens is 4. The van der Waals surface area contributed by atoms with E-state index in [0.717, 1.165) is 5.56 Å². The first-order chi connectivity index (χ1) is 8.66. The van der Waals surface area contributed by atoms with Crippen LogP contribution in [-0.4, -0.2) is 50.8 Å². The van der Waals surface area contributed by atoms with E-state index in [9.17, 15) is 4.79 Å². The summed E-state index contributed by atoms with van der Waals surface area (Å²) in [5.41, 5.74) is 0.920. The summed E-state index contributed by atoms with van der Waals surface area (Å²) in [6.07, 6.45) is 3.39. The first-order valence-corrected chi connectivity index (χ1v) is 6.31. The number of carbonyl (C=O) groups excluding carboxylic acids is 1. The highest BCUT2D eigenvalue weighted by molar-refractivity contribution is 7.99. The number of pyridine rings is 1. The Bertz CT molecular complexity index is 525. The van der Waals surface area contributed by atoms with Crippen LogP contribution in [0.15, 0.2) is 29.7 Å². The molecule has 0 saturated heterocycles. The fourth-order valence-electron chi connectivity index (χ4n) is 1.21. The Hall–Kier alpha value is -1.89. The molecule has 2 aromatic heterocycles. The predicted octanol–water partition coefficient (Wildman–Crippen LogP) is 1.05. The van der Waals surface area contributed by atoms with Gasteiger partial charge in [0.2, 0.25) is 11.1 Å². The zero-order valence-electron chi connectivity index (χ0n) is 10.1. The van der Waals surface area contributed by atoms with Crippen LogP contribution < -0.4 is 0 Å². The number of amides is 1. The van der Waals surface area contributed by atoms with Crippen molar-refractivity contribution >= 4 is 17.7 Å². The fourth-order valence-corrected chi connectivity index (χ4v) is 1.98. The van der Waals surface area contributed by atoms with Gasteiger partial charge in [-0.25, -0.2) is 4.98 Å². The van der Waals surface area contributed by atoms with Crippen LogP contribution in [0.5, 0.6) is 0 Å². The molecular weight excluding hydrogens is 250 g/mol. The van der Waals surface area contributed by atoms with Crippen LogP contribution in [0.1, 0.15) is 0 Å². The molecule has 0 radical (unpaired) electrons. The zero-order valence-corrected chi connectivity index (χ0v) is 10.9. The molecule has 0 atom stereocenters. The van der Waals surface area contributed by atoms with Crippen LogP contribution in [0.4, 0.5) is 0 Å². The second kappa shape index (κ2) is 5.63. The minimum atomic E-state index is 0.0373. The third-order valence-corrected chi connectivity index (χ3v) is 3.07. The number of hydrogen-bond donors (Lipinski definition) is 1. The van der Waals surface area contributed by atoms with Gasteiger partial charge in [0, 0.05) is 32.1 Å². The van der Waals surface area contributed by atoms with Crippen molar-refractivity contribution in [3.63, 3.8) is 0 Å². The van der Waals surface area contributed by atoms with Gasteiger partial charge in [-0.05, 0) is 12.1 Å². The van der Waals surface area contributed by atoms with Crippen molar-refractivity contribution in [2.24, 2.45) is 0 Å². The Balaban J connectivity index is 2.01. The second-order valence-electron chi connectivity index (χ2n) is 3.78. The second-order valence-corrected chi connectivity index (χ2v) is 4.72. The quantitative estimate of drug-likeness (QED) is 0.834. The lowest BCUT2D eigenvalue weighted by molar-refractivity contribution is -0.125. The minimum Gasteiger partial charge on any atom is -0.348 e. The topological polar surface area (TPSA) is 74.8 Å². The van der Waals surface area contributed by atoms with Gasteiger partial charge in [-0.1, -0.05) is 11.8 Å². The Kier molecular flexibility index (Phi) is 3.93. The molecule has 0 spiro atoms. The van der Waals surface area contributed by atoms with E-state index in [4.69, 9.17) is 0 Å². The molecule has 0 aliphatic carbocycles. The Morgan fingerprint density at radius 1 is 1.39 bits per heavy atom. The largest absolute Gasteiger partial charge is 0.348 e. The molecule has 0 aromatic carbocycles. The van der Waals surface area contributed by atoms with Gasteiger partial charge in [-0.3, -0.25) is 14.9 Å². The number of H-pyrrole nitrogens is 1. The highest BCUT2D eigenvalue weighted by Gasteiger charge is 2.09. The molecule has 0 bridgehead atoms. The minimum absolute atomic E-state index is 0.0373. The van der Waals surface area contributed by atoms with Gasteiger partial charge in [0.15, 0.2) is 5.82 Å². The maximum Gasteiger partial charge on any atom is 0.232 e. The first kappa shape index (κ1) is 12.6. The molecule has 0 unspecified atom stereocenters. The van der Waals surface area contributed by atoms with Gasteiger partial charge in [-0.15, -0.1) is 5.10 Å². The van der Waals surface area contributed by atoms with Gasteiger partial charge < -0.3 is 4.90 Å². The van der Waals surface area contributed by atoms with Gasteiger partial charge in [0.1, 0.15) is 0 Å². The number of thioether (sulfide) groups is 1. The van der Waals surface area contributed by atoms with Crippen molar-refractivity contribution in [3.05, 3.63) is 24.5 Å². The van der Waals surface area contributed by atoms with Crippen LogP contribution in [0.2, 0.25) is 0 Å². The Morgan fingerprint density at radius 3 is 2.78 bits per heavy atom. The van der Waals surface area contributed by atoms with E-state index in [1.807, 2.05) is 12.1 Å². The molecule has 7 heteroatoms. The molecule has 2 heterocycles. The summed E-state index contributed by atoms with van der Waals surface area (Å²) in [6.45, 7) is 0. The van der Waals surface area contributed by atoms with E-state index < -0.39 is 0 Å².